The van der Waals surface area contributed by atoms with E-state index >= 15 is 0 Å². The number of hydrogen-bond acceptors (Lipinski definition) is 3. The van der Waals surface area contributed by atoms with Crippen molar-refractivity contribution in [1.82, 2.24) is 0 Å². The summed E-state index contributed by atoms with van der Waals surface area (Å²) < 4.78 is 6.36. The van der Waals surface area contributed by atoms with Gasteiger partial charge < -0.3 is 15.8 Å². The van der Waals surface area contributed by atoms with Gasteiger partial charge in [0.05, 0.1) is 12.3 Å². The lowest BCUT2D eigenvalue weighted by Crippen LogP contribution is -2.10. The molecule has 1 unspecified atom stereocenters. The van der Waals surface area contributed by atoms with Crippen molar-refractivity contribution >= 4 is 11.4 Å². The van der Waals surface area contributed by atoms with Crippen LogP contribution >= 0.6 is 0 Å². The third kappa shape index (κ3) is 6.51. The van der Waals surface area contributed by atoms with Crippen molar-refractivity contribution in [2.24, 2.45) is 5.73 Å². The Morgan fingerprint density at radius 3 is 2.34 bits per heavy atom. The van der Waals surface area contributed by atoms with E-state index in [4.69, 9.17) is 10.5 Å². The molecule has 0 saturated carbocycles. The first kappa shape index (κ1) is 28.6. The van der Waals surface area contributed by atoms with Crippen LogP contribution in [0, 0.1) is 6.92 Å². The topological polar surface area (TPSA) is 47.3 Å². The predicted molar refractivity (Wildman–Crippen MR) is 155 cm³/mol. The Hall–Kier alpha value is -2.68. The van der Waals surface area contributed by atoms with Gasteiger partial charge in [0.1, 0.15) is 5.75 Å². The van der Waals surface area contributed by atoms with Gasteiger partial charge in [-0.2, -0.15) is 0 Å². The zero-order valence-corrected chi connectivity index (χ0v) is 23.5. The molecule has 0 bridgehead atoms. The Kier molecular flexibility index (Phi) is 10.9. The summed E-state index contributed by atoms with van der Waals surface area (Å²) in [6, 6.07) is 7.00. The number of nitrogens with two attached hydrogens (primary N) is 1. The zero-order valence-electron chi connectivity index (χ0n) is 23.5. The summed E-state index contributed by atoms with van der Waals surface area (Å²) in [4.78, 5) is 0. The Bertz CT molecular complexity index is 1030. The highest BCUT2D eigenvalue weighted by molar-refractivity contribution is 5.87. The summed E-state index contributed by atoms with van der Waals surface area (Å²) >= 11 is 0. The van der Waals surface area contributed by atoms with Crippen LogP contribution < -0.4 is 15.8 Å². The van der Waals surface area contributed by atoms with Gasteiger partial charge in [-0.05, 0) is 90.1 Å². The molecule has 0 aliphatic heterocycles. The highest BCUT2D eigenvalue weighted by Crippen LogP contribution is 2.44. The molecule has 0 radical (unpaired) electrons. The molecular weight excluding hydrogens is 428 g/mol. The van der Waals surface area contributed by atoms with E-state index in [1.807, 2.05) is 0 Å². The summed E-state index contributed by atoms with van der Waals surface area (Å²) in [6.07, 6.45) is 8.93. The quantitative estimate of drug-likeness (QED) is 0.303. The molecule has 0 fully saturated rings. The summed E-state index contributed by atoms with van der Waals surface area (Å²) in [5.74, 6) is 1.80. The fraction of sp³-hybridized carbons (Fsp3) is 0.500. The summed E-state index contributed by atoms with van der Waals surface area (Å²) in [7, 11) is 0. The first-order valence-corrected chi connectivity index (χ1v) is 13.6. The molecule has 0 aliphatic carbocycles. The molecule has 192 valence electrons. The van der Waals surface area contributed by atoms with Crippen LogP contribution in [-0.2, 0) is 6.42 Å². The van der Waals surface area contributed by atoms with E-state index in [9.17, 15) is 0 Å². The lowest BCUT2D eigenvalue weighted by molar-refractivity contribution is 0.313. The van der Waals surface area contributed by atoms with E-state index in [2.05, 4.69) is 91.6 Å². The van der Waals surface area contributed by atoms with Crippen molar-refractivity contribution in [2.75, 3.05) is 11.9 Å². The lowest BCUT2D eigenvalue weighted by atomic mass is 9.82. The molecule has 0 saturated heterocycles. The number of hydrogen-bond donors (Lipinski definition) is 2. The van der Waals surface area contributed by atoms with Gasteiger partial charge in [-0.15, -0.1) is 0 Å². The number of nitrogens with one attached hydrogen (secondary N) is 1. The molecule has 3 N–H and O–H groups in total. The van der Waals surface area contributed by atoms with Crippen molar-refractivity contribution in [3.05, 3.63) is 64.9 Å². The molecule has 0 aliphatic rings. The Balaban J connectivity index is 2.99. The minimum atomic E-state index is 0.346. The fourth-order valence-electron chi connectivity index (χ4n) is 4.93. The van der Waals surface area contributed by atoms with Gasteiger partial charge in [0, 0.05) is 11.3 Å². The molecular formula is C32H48N2O. The summed E-state index contributed by atoms with van der Waals surface area (Å²) in [5, 5.41) is 3.48. The number of anilines is 1. The molecule has 2 aromatic carbocycles. The minimum Gasteiger partial charge on any atom is -0.493 e. The maximum absolute atomic E-state index is 6.60. The van der Waals surface area contributed by atoms with Gasteiger partial charge in [0.15, 0.2) is 0 Å². The minimum absolute atomic E-state index is 0.346. The van der Waals surface area contributed by atoms with Crippen LogP contribution in [0.5, 0.6) is 5.75 Å². The molecule has 0 amide bonds. The van der Waals surface area contributed by atoms with Crippen LogP contribution in [0.25, 0.3) is 16.8 Å². The third-order valence-electron chi connectivity index (χ3n) is 6.77. The molecule has 1 atom stereocenters. The van der Waals surface area contributed by atoms with Gasteiger partial charge in [0.2, 0.25) is 0 Å². The van der Waals surface area contributed by atoms with Crippen molar-refractivity contribution in [3.8, 4) is 16.9 Å². The SMILES string of the molecule is C=CNc1c(/C(N)=C/CC)c(C)cc(-c2cc(OCCC)c(CCC)c(C(C)C)c2)c1C(C)CC. The van der Waals surface area contributed by atoms with Crippen LogP contribution in [0.1, 0.15) is 114 Å². The highest BCUT2D eigenvalue weighted by Gasteiger charge is 2.24. The number of aryl methyl sites for hydroxylation is 1. The highest BCUT2D eigenvalue weighted by atomic mass is 16.5. The maximum Gasteiger partial charge on any atom is 0.123 e. The Labute approximate surface area is 214 Å². The molecule has 2 aromatic rings. The van der Waals surface area contributed by atoms with Crippen molar-refractivity contribution in [3.63, 3.8) is 0 Å². The molecule has 3 nitrogen and oxygen atoms in total. The first-order chi connectivity index (χ1) is 16.7. The van der Waals surface area contributed by atoms with Crippen molar-refractivity contribution in [2.45, 2.75) is 99.3 Å². The Morgan fingerprint density at radius 1 is 1.09 bits per heavy atom. The fourth-order valence-corrected chi connectivity index (χ4v) is 4.93. The standard InChI is InChI=1S/C32H48N2O/c1-10-15-25-26(21(6)7)19-24(20-29(25)35-17-12-3)27-18-23(9)31(28(33)16-11-2)32(34-14-5)30(27)22(8)13-4/h14,16,18-22,34H,5,10-13,15,17,33H2,1-4,6-9H3/b28-16-. The van der Waals surface area contributed by atoms with E-state index in [1.54, 1.807) is 6.20 Å². The monoisotopic (exact) mass is 476 g/mol. The maximum atomic E-state index is 6.60. The van der Waals surface area contributed by atoms with Crippen LogP contribution in [-0.4, -0.2) is 6.61 Å². The first-order valence-electron chi connectivity index (χ1n) is 13.6. The largest absolute Gasteiger partial charge is 0.493 e. The second kappa shape index (κ2) is 13.4. The molecule has 3 heteroatoms. The molecule has 0 heterocycles. The average molecular weight is 477 g/mol. The molecule has 0 spiro atoms. The van der Waals surface area contributed by atoms with E-state index in [1.165, 1.54) is 33.4 Å². The number of benzene rings is 2. The van der Waals surface area contributed by atoms with Crippen LogP contribution in [0.4, 0.5) is 5.69 Å². The number of rotatable bonds is 13. The van der Waals surface area contributed by atoms with Crippen LogP contribution in [0.15, 0.2) is 37.1 Å². The predicted octanol–water partition coefficient (Wildman–Crippen LogP) is 9.31. The smallest absolute Gasteiger partial charge is 0.123 e. The summed E-state index contributed by atoms with van der Waals surface area (Å²) in [6.45, 7) is 22.5. The zero-order chi connectivity index (χ0) is 26.1. The summed E-state index contributed by atoms with van der Waals surface area (Å²) in [5.41, 5.74) is 17.2. The molecule has 2 rings (SSSR count). The lowest BCUT2D eigenvalue weighted by Gasteiger charge is -2.26. The third-order valence-corrected chi connectivity index (χ3v) is 6.77. The van der Waals surface area contributed by atoms with Crippen LogP contribution in [0.2, 0.25) is 0 Å². The normalized spacial score (nSPS) is 12.7. The van der Waals surface area contributed by atoms with E-state index in [0.29, 0.717) is 11.8 Å². The number of allylic oxidation sites excluding steroid dienone is 1. The van der Waals surface area contributed by atoms with Crippen molar-refractivity contribution in [1.29, 1.82) is 0 Å². The van der Waals surface area contributed by atoms with Gasteiger partial charge >= 0.3 is 0 Å². The second-order valence-electron chi connectivity index (χ2n) is 9.93. The van der Waals surface area contributed by atoms with E-state index in [0.717, 1.165) is 61.4 Å². The van der Waals surface area contributed by atoms with Crippen molar-refractivity contribution < 1.29 is 4.74 Å². The average Bonchev–Trinajstić information content (AvgIpc) is 2.82. The Morgan fingerprint density at radius 2 is 1.80 bits per heavy atom. The molecule has 35 heavy (non-hydrogen) atoms. The van der Waals surface area contributed by atoms with Gasteiger partial charge in [-0.25, -0.2) is 0 Å². The van der Waals surface area contributed by atoms with E-state index in [-0.39, 0.29) is 0 Å². The second-order valence-corrected chi connectivity index (χ2v) is 9.93. The van der Waals surface area contributed by atoms with Gasteiger partial charge in [0.25, 0.3) is 0 Å². The number of ether oxygens (including phenoxy) is 1. The van der Waals surface area contributed by atoms with Crippen LogP contribution in [0.3, 0.4) is 0 Å². The van der Waals surface area contributed by atoms with Gasteiger partial charge in [-0.3, -0.25) is 0 Å². The van der Waals surface area contributed by atoms with E-state index < -0.39 is 0 Å². The molecule has 0 aromatic heterocycles. The van der Waals surface area contributed by atoms with Gasteiger partial charge in [-0.1, -0.05) is 79.7 Å².